The Balaban J connectivity index is 2.26. The first-order valence-corrected chi connectivity index (χ1v) is 4.96. The maximum Gasteiger partial charge on any atom is 0.223 e. The first-order chi connectivity index (χ1) is 7.90. The van der Waals surface area contributed by atoms with Crippen molar-refractivity contribution < 1.29 is 0 Å². The summed E-state index contributed by atoms with van der Waals surface area (Å²) in [6, 6.07) is 11.8. The zero-order valence-corrected chi connectivity index (χ0v) is 8.72. The molecule has 0 aliphatic heterocycles. The van der Waals surface area contributed by atoms with Crippen molar-refractivity contribution >= 4 is 5.95 Å². The summed E-state index contributed by atoms with van der Waals surface area (Å²) in [5.41, 5.74) is 1.95. The van der Waals surface area contributed by atoms with Gasteiger partial charge in [-0.3, -0.25) is 0 Å². The van der Waals surface area contributed by atoms with Gasteiger partial charge in [-0.25, -0.2) is 9.97 Å². The van der Waals surface area contributed by atoms with E-state index in [1.54, 1.807) is 6.20 Å². The Hall–Kier alpha value is -2.34. The van der Waals surface area contributed by atoms with Gasteiger partial charge >= 0.3 is 0 Å². The van der Waals surface area contributed by atoms with Crippen molar-refractivity contribution in [1.29, 1.82) is 0 Å². The van der Waals surface area contributed by atoms with Gasteiger partial charge in [0.25, 0.3) is 0 Å². The summed E-state index contributed by atoms with van der Waals surface area (Å²) in [7, 11) is 0. The Labute approximate surface area is 94.6 Å². The largest absolute Gasteiger partial charge is 0.343 e. The number of nitrogens with one attached hydrogen (secondary N) is 1. The maximum absolute atomic E-state index is 5.16. The molecule has 0 amide bonds. The van der Waals surface area contributed by atoms with Gasteiger partial charge < -0.3 is 5.32 Å². The zero-order chi connectivity index (χ0) is 11.2. The van der Waals surface area contributed by atoms with Crippen LogP contribution in [0, 0.1) is 12.3 Å². The number of aromatic nitrogens is 2. The Morgan fingerprint density at radius 2 is 2.00 bits per heavy atom. The van der Waals surface area contributed by atoms with Crippen LogP contribution in [0.15, 0.2) is 42.6 Å². The summed E-state index contributed by atoms with van der Waals surface area (Å²) in [4.78, 5) is 8.45. The van der Waals surface area contributed by atoms with E-state index in [4.69, 9.17) is 6.42 Å². The summed E-state index contributed by atoms with van der Waals surface area (Å²) in [6.45, 7) is 0.429. The van der Waals surface area contributed by atoms with E-state index in [-0.39, 0.29) is 0 Å². The molecule has 0 spiro atoms. The third kappa shape index (κ3) is 2.37. The van der Waals surface area contributed by atoms with E-state index in [0.717, 1.165) is 11.3 Å². The zero-order valence-electron chi connectivity index (χ0n) is 8.72. The molecular formula is C13H11N3. The molecule has 1 N–H and O–H groups in total. The molecule has 3 heteroatoms. The lowest BCUT2D eigenvalue weighted by Crippen LogP contribution is -2.03. The Bertz CT molecular complexity index is 500. The van der Waals surface area contributed by atoms with Crippen LogP contribution in [-0.2, 0) is 0 Å². The quantitative estimate of drug-likeness (QED) is 0.787. The van der Waals surface area contributed by atoms with Crippen LogP contribution in [0.1, 0.15) is 0 Å². The predicted molar refractivity (Wildman–Crippen MR) is 64.8 cm³/mol. The van der Waals surface area contributed by atoms with Gasteiger partial charge in [0.15, 0.2) is 0 Å². The average Bonchev–Trinajstić information content (AvgIpc) is 2.38. The molecular weight excluding hydrogens is 198 g/mol. The van der Waals surface area contributed by atoms with Crippen molar-refractivity contribution in [2.24, 2.45) is 0 Å². The average molecular weight is 209 g/mol. The maximum atomic E-state index is 5.16. The third-order valence-electron chi connectivity index (χ3n) is 2.07. The highest BCUT2D eigenvalue weighted by Gasteiger charge is 2.00. The van der Waals surface area contributed by atoms with E-state index in [9.17, 15) is 0 Å². The number of hydrogen-bond donors (Lipinski definition) is 1. The fourth-order valence-electron chi connectivity index (χ4n) is 1.34. The minimum Gasteiger partial charge on any atom is -0.343 e. The van der Waals surface area contributed by atoms with Crippen molar-refractivity contribution in [3.63, 3.8) is 0 Å². The molecule has 2 aromatic rings. The molecule has 2 rings (SSSR count). The first kappa shape index (κ1) is 10.2. The summed E-state index contributed by atoms with van der Waals surface area (Å²) in [6.07, 6.45) is 6.87. The van der Waals surface area contributed by atoms with Crippen LogP contribution in [0.5, 0.6) is 0 Å². The lowest BCUT2D eigenvalue weighted by Gasteiger charge is -2.03. The Morgan fingerprint density at radius 1 is 1.19 bits per heavy atom. The van der Waals surface area contributed by atoms with Gasteiger partial charge in [-0.1, -0.05) is 36.3 Å². The number of hydrogen-bond acceptors (Lipinski definition) is 3. The number of anilines is 1. The van der Waals surface area contributed by atoms with Gasteiger partial charge in [-0.15, -0.1) is 6.42 Å². The fraction of sp³-hybridized carbons (Fsp3) is 0.0769. The second kappa shape index (κ2) is 4.94. The molecule has 0 radical (unpaired) electrons. The second-order valence-corrected chi connectivity index (χ2v) is 3.19. The predicted octanol–water partition coefficient (Wildman–Crippen LogP) is 2.19. The number of rotatable bonds is 3. The molecule has 78 valence electrons. The first-order valence-electron chi connectivity index (χ1n) is 4.96. The molecule has 0 aliphatic carbocycles. The SMILES string of the molecule is C#CCNc1nccc(-c2ccccc2)n1. The molecule has 1 aromatic heterocycles. The highest BCUT2D eigenvalue weighted by Crippen LogP contribution is 2.16. The van der Waals surface area contributed by atoms with Crippen molar-refractivity contribution in [1.82, 2.24) is 9.97 Å². The van der Waals surface area contributed by atoms with Crippen molar-refractivity contribution in [3.8, 4) is 23.6 Å². The molecule has 0 unspecified atom stereocenters. The van der Waals surface area contributed by atoms with E-state index in [1.165, 1.54) is 0 Å². The van der Waals surface area contributed by atoms with Crippen LogP contribution >= 0.6 is 0 Å². The lowest BCUT2D eigenvalue weighted by atomic mass is 10.1. The summed E-state index contributed by atoms with van der Waals surface area (Å²) in [5, 5.41) is 2.95. The fourth-order valence-corrected chi connectivity index (χ4v) is 1.34. The highest BCUT2D eigenvalue weighted by molar-refractivity contribution is 5.59. The molecule has 1 heterocycles. The molecule has 0 atom stereocenters. The molecule has 3 nitrogen and oxygen atoms in total. The summed E-state index contributed by atoms with van der Waals surface area (Å²) >= 11 is 0. The number of terminal acetylenes is 1. The monoisotopic (exact) mass is 209 g/mol. The minimum absolute atomic E-state index is 0.429. The lowest BCUT2D eigenvalue weighted by molar-refractivity contribution is 1.13. The summed E-state index contributed by atoms with van der Waals surface area (Å²) < 4.78 is 0. The van der Waals surface area contributed by atoms with Gasteiger partial charge in [-0.2, -0.15) is 0 Å². The van der Waals surface area contributed by atoms with Crippen LogP contribution in [0.25, 0.3) is 11.3 Å². The smallest absolute Gasteiger partial charge is 0.223 e. The van der Waals surface area contributed by atoms with Gasteiger partial charge in [0.2, 0.25) is 5.95 Å². The van der Waals surface area contributed by atoms with Crippen LogP contribution in [0.2, 0.25) is 0 Å². The molecule has 1 aromatic carbocycles. The van der Waals surface area contributed by atoms with E-state index in [2.05, 4.69) is 21.2 Å². The van der Waals surface area contributed by atoms with E-state index < -0.39 is 0 Å². The Kier molecular flexibility index (Phi) is 3.15. The molecule has 0 aliphatic rings. The molecule has 0 saturated carbocycles. The normalized spacial score (nSPS) is 9.44. The van der Waals surface area contributed by atoms with Crippen LogP contribution in [0.3, 0.4) is 0 Å². The van der Waals surface area contributed by atoms with Crippen molar-refractivity contribution in [3.05, 3.63) is 42.6 Å². The van der Waals surface area contributed by atoms with Gasteiger partial charge in [-0.05, 0) is 6.07 Å². The standard InChI is InChI=1S/C13H11N3/c1-2-9-14-13-15-10-8-12(16-13)11-6-4-3-5-7-11/h1,3-8,10H,9H2,(H,14,15,16). The van der Waals surface area contributed by atoms with Gasteiger partial charge in [0, 0.05) is 11.8 Å². The number of benzene rings is 1. The van der Waals surface area contributed by atoms with Crippen molar-refractivity contribution in [2.45, 2.75) is 0 Å². The second-order valence-electron chi connectivity index (χ2n) is 3.19. The summed E-state index contributed by atoms with van der Waals surface area (Å²) in [5.74, 6) is 3.04. The van der Waals surface area contributed by atoms with Crippen LogP contribution < -0.4 is 5.32 Å². The van der Waals surface area contributed by atoms with Crippen LogP contribution in [-0.4, -0.2) is 16.5 Å². The highest BCUT2D eigenvalue weighted by atomic mass is 15.1. The molecule has 0 fully saturated rings. The van der Waals surface area contributed by atoms with E-state index in [0.29, 0.717) is 12.5 Å². The topological polar surface area (TPSA) is 37.8 Å². The molecule has 0 saturated heterocycles. The van der Waals surface area contributed by atoms with Gasteiger partial charge in [0.1, 0.15) is 0 Å². The number of nitrogens with zero attached hydrogens (tertiary/aromatic N) is 2. The third-order valence-corrected chi connectivity index (χ3v) is 2.07. The molecule has 16 heavy (non-hydrogen) atoms. The minimum atomic E-state index is 0.429. The van der Waals surface area contributed by atoms with E-state index >= 15 is 0 Å². The van der Waals surface area contributed by atoms with Crippen molar-refractivity contribution in [2.75, 3.05) is 11.9 Å². The van der Waals surface area contributed by atoms with Gasteiger partial charge in [0.05, 0.1) is 12.2 Å². The molecule has 0 bridgehead atoms. The Morgan fingerprint density at radius 3 is 2.75 bits per heavy atom. The van der Waals surface area contributed by atoms with Crippen LogP contribution in [0.4, 0.5) is 5.95 Å². The van der Waals surface area contributed by atoms with E-state index in [1.807, 2.05) is 36.4 Å².